The fourth-order valence-electron chi connectivity index (χ4n) is 1.75. The number of carbonyl (C=O) groups is 3. The number of hydrogen-bond donors (Lipinski definition) is 1. The van der Waals surface area contributed by atoms with Gasteiger partial charge in [0.05, 0.1) is 12.0 Å². The Bertz CT molecular complexity index is 609. The van der Waals surface area contributed by atoms with Crippen LogP contribution in [0, 0.1) is 0 Å². The van der Waals surface area contributed by atoms with Gasteiger partial charge in [0.15, 0.2) is 6.61 Å². The van der Waals surface area contributed by atoms with Crippen molar-refractivity contribution in [1.29, 1.82) is 0 Å². The van der Waals surface area contributed by atoms with Gasteiger partial charge in [0.25, 0.3) is 17.7 Å². The summed E-state index contributed by atoms with van der Waals surface area (Å²) < 4.78 is 5.24. The molecule has 0 spiro atoms. The molecule has 20 heavy (non-hydrogen) atoms. The number of nitrogens with zero attached hydrogens (tertiary/aromatic N) is 2. The van der Waals surface area contributed by atoms with E-state index in [-0.39, 0.29) is 23.6 Å². The van der Waals surface area contributed by atoms with E-state index in [9.17, 15) is 14.4 Å². The zero-order valence-corrected chi connectivity index (χ0v) is 10.8. The fraction of sp³-hybridized carbons (Fsp3) is 0.231. The largest absolute Gasteiger partial charge is 0.483 e. The molecule has 0 saturated heterocycles. The number of amides is 3. The normalized spacial score (nSPS) is 14.2. The maximum atomic E-state index is 11.8. The summed E-state index contributed by atoms with van der Waals surface area (Å²) in [6.07, 6.45) is 0.129. The van der Waals surface area contributed by atoms with Gasteiger partial charge in [-0.2, -0.15) is 10.1 Å². The Labute approximate surface area is 115 Å². The molecule has 1 aliphatic heterocycles. The van der Waals surface area contributed by atoms with Crippen LogP contribution >= 0.6 is 0 Å². The number of para-hydroxylation sites is 1. The van der Waals surface area contributed by atoms with Crippen LogP contribution < -0.4 is 10.5 Å². The van der Waals surface area contributed by atoms with Crippen molar-refractivity contribution >= 4 is 23.4 Å². The molecule has 104 valence electrons. The molecule has 0 atom stereocenters. The van der Waals surface area contributed by atoms with Gasteiger partial charge in [-0.05, 0) is 19.1 Å². The zero-order chi connectivity index (χ0) is 14.7. The van der Waals surface area contributed by atoms with E-state index in [1.54, 1.807) is 19.1 Å². The minimum absolute atomic E-state index is 0.129. The monoisotopic (exact) mass is 275 g/mol. The first kappa shape index (κ1) is 13.7. The van der Waals surface area contributed by atoms with E-state index in [4.69, 9.17) is 10.5 Å². The molecule has 0 aromatic heterocycles. The van der Waals surface area contributed by atoms with Gasteiger partial charge >= 0.3 is 0 Å². The van der Waals surface area contributed by atoms with Crippen LogP contribution in [0.1, 0.15) is 23.7 Å². The van der Waals surface area contributed by atoms with E-state index in [1.807, 2.05) is 0 Å². The van der Waals surface area contributed by atoms with E-state index in [1.165, 1.54) is 12.1 Å². The minimum atomic E-state index is -0.654. The van der Waals surface area contributed by atoms with E-state index in [2.05, 4.69) is 5.10 Å². The highest BCUT2D eigenvalue weighted by Crippen LogP contribution is 2.17. The SMILES string of the molecule is CC1=NN(C(=O)COc2ccccc2C(N)=O)C(=O)C1. The summed E-state index contributed by atoms with van der Waals surface area (Å²) in [6.45, 7) is 1.27. The summed E-state index contributed by atoms with van der Waals surface area (Å²) >= 11 is 0. The average molecular weight is 275 g/mol. The Hall–Kier alpha value is -2.70. The zero-order valence-electron chi connectivity index (χ0n) is 10.8. The topological polar surface area (TPSA) is 102 Å². The summed E-state index contributed by atoms with van der Waals surface area (Å²) in [5.41, 5.74) is 5.94. The molecule has 2 N–H and O–H groups in total. The first-order chi connectivity index (χ1) is 9.49. The van der Waals surface area contributed by atoms with Gasteiger partial charge in [-0.25, -0.2) is 0 Å². The summed E-state index contributed by atoms with van der Waals surface area (Å²) in [7, 11) is 0. The van der Waals surface area contributed by atoms with Gasteiger partial charge < -0.3 is 10.5 Å². The summed E-state index contributed by atoms with van der Waals surface area (Å²) in [6, 6.07) is 6.29. The minimum Gasteiger partial charge on any atom is -0.483 e. The van der Waals surface area contributed by atoms with E-state index < -0.39 is 18.4 Å². The Balaban J connectivity index is 2.04. The molecule has 7 nitrogen and oxygen atoms in total. The first-order valence-corrected chi connectivity index (χ1v) is 5.90. The van der Waals surface area contributed by atoms with Gasteiger partial charge in [-0.3, -0.25) is 14.4 Å². The lowest BCUT2D eigenvalue weighted by Crippen LogP contribution is -2.32. The predicted molar refractivity (Wildman–Crippen MR) is 70.0 cm³/mol. The number of rotatable bonds is 4. The maximum Gasteiger partial charge on any atom is 0.287 e. The first-order valence-electron chi connectivity index (χ1n) is 5.90. The fourth-order valence-corrected chi connectivity index (χ4v) is 1.75. The van der Waals surface area contributed by atoms with Crippen LogP contribution in [0.3, 0.4) is 0 Å². The maximum absolute atomic E-state index is 11.8. The summed E-state index contributed by atoms with van der Waals surface area (Å²) in [5.74, 6) is -1.44. The van der Waals surface area contributed by atoms with Crippen molar-refractivity contribution in [3.05, 3.63) is 29.8 Å². The number of ether oxygens (including phenoxy) is 1. The highest BCUT2D eigenvalue weighted by Gasteiger charge is 2.27. The summed E-state index contributed by atoms with van der Waals surface area (Å²) in [5, 5.41) is 4.60. The van der Waals surface area contributed by atoms with Crippen LogP contribution in [0.25, 0.3) is 0 Å². The van der Waals surface area contributed by atoms with Crippen molar-refractivity contribution < 1.29 is 19.1 Å². The second kappa shape index (κ2) is 5.52. The molecule has 0 aliphatic carbocycles. The number of carbonyl (C=O) groups excluding carboxylic acids is 3. The van der Waals surface area contributed by atoms with E-state index in [0.717, 1.165) is 5.01 Å². The van der Waals surface area contributed by atoms with E-state index in [0.29, 0.717) is 5.71 Å². The average Bonchev–Trinajstić information content (AvgIpc) is 2.75. The molecule has 3 amide bonds. The number of benzene rings is 1. The molecule has 2 rings (SSSR count). The molecule has 1 aromatic carbocycles. The van der Waals surface area contributed by atoms with Crippen LogP contribution in [0.15, 0.2) is 29.4 Å². The van der Waals surface area contributed by atoms with Gasteiger partial charge in [-0.1, -0.05) is 12.1 Å². The van der Waals surface area contributed by atoms with Crippen LogP contribution in [0.2, 0.25) is 0 Å². The Morgan fingerprint density at radius 1 is 1.40 bits per heavy atom. The molecule has 1 aromatic rings. The van der Waals surface area contributed by atoms with Gasteiger partial charge in [0.1, 0.15) is 5.75 Å². The third-order valence-corrected chi connectivity index (χ3v) is 2.65. The van der Waals surface area contributed by atoms with Crippen LogP contribution in [0.5, 0.6) is 5.75 Å². The lowest BCUT2D eigenvalue weighted by atomic mass is 10.2. The molecule has 0 saturated carbocycles. The van der Waals surface area contributed by atoms with Crippen molar-refractivity contribution in [3.63, 3.8) is 0 Å². The molecule has 0 fully saturated rings. The standard InChI is InChI=1S/C13H13N3O4/c1-8-6-11(17)16(15-8)12(18)7-20-10-5-3-2-4-9(10)13(14)19/h2-5H,6-7H2,1H3,(H2,14,19). The van der Waals surface area contributed by atoms with Crippen molar-refractivity contribution in [2.75, 3.05) is 6.61 Å². The van der Waals surface area contributed by atoms with E-state index >= 15 is 0 Å². The Morgan fingerprint density at radius 2 is 2.10 bits per heavy atom. The smallest absolute Gasteiger partial charge is 0.287 e. The number of primary amides is 1. The van der Waals surface area contributed by atoms with Crippen molar-refractivity contribution in [1.82, 2.24) is 5.01 Å². The molecule has 0 radical (unpaired) electrons. The molecular formula is C13H13N3O4. The molecule has 1 aliphatic rings. The molecule has 0 bridgehead atoms. The molecular weight excluding hydrogens is 262 g/mol. The highest BCUT2D eigenvalue weighted by atomic mass is 16.5. The summed E-state index contributed by atoms with van der Waals surface area (Å²) in [4.78, 5) is 34.5. The van der Waals surface area contributed by atoms with Crippen molar-refractivity contribution in [2.24, 2.45) is 10.8 Å². The Kier molecular flexibility index (Phi) is 3.79. The predicted octanol–water partition coefficient (Wildman–Crippen LogP) is 0.299. The molecule has 7 heteroatoms. The number of hydrogen-bond acceptors (Lipinski definition) is 5. The molecule has 1 heterocycles. The van der Waals surface area contributed by atoms with Crippen molar-refractivity contribution in [3.8, 4) is 5.75 Å². The van der Waals surface area contributed by atoms with Gasteiger partial charge in [0.2, 0.25) is 0 Å². The number of imide groups is 1. The quantitative estimate of drug-likeness (QED) is 0.853. The highest BCUT2D eigenvalue weighted by molar-refractivity contribution is 6.10. The second-order valence-corrected chi connectivity index (χ2v) is 4.26. The van der Waals surface area contributed by atoms with Crippen molar-refractivity contribution in [2.45, 2.75) is 13.3 Å². The van der Waals surface area contributed by atoms with Crippen LogP contribution in [0.4, 0.5) is 0 Å². The second-order valence-electron chi connectivity index (χ2n) is 4.26. The number of hydrazone groups is 1. The third-order valence-electron chi connectivity index (χ3n) is 2.65. The van der Waals surface area contributed by atoms with Crippen LogP contribution in [-0.2, 0) is 9.59 Å². The lowest BCUT2D eigenvalue weighted by molar-refractivity contribution is -0.144. The lowest BCUT2D eigenvalue weighted by Gasteiger charge is -2.12. The van der Waals surface area contributed by atoms with Gasteiger partial charge in [0, 0.05) is 5.71 Å². The van der Waals surface area contributed by atoms with Gasteiger partial charge in [-0.15, -0.1) is 0 Å². The molecule has 0 unspecified atom stereocenters. The third kappa shape index (κ3) is 2.82. The number of nitrogens with two attached hydrogens (primary N) is 1. The van der Waals surface area contributed by atoms with Crippen LogP contribution in [-0.4, -0.2) is 35.0 Å². The Morgan fingerprint density at radius 3 is 2.70 bits per heavy atom.